The lowest BCUT2D eigenvalue weighted by Gasteiger charge is -2.33. The van der Waals surface area contributed by atoms with Gasteiger partial charge >= 0.3 is 6.03 Å². The number of aromatic amines is 1. The highest BCUT2D eigenvalue weighted by Crippen LogP contribution is 2.22. The number of likely N-dealkylation sites (tertiary alicyclic amines) is 1. The van der Waals surface area contributed by atoms with Gasteiger partial charge in [-0.1, -0.05) is 6.42 Å². The number of rotatable bonds is 4. The van der Waals surface area contributed by atoms with Crippen molar-refractivity contribution in [1.82, 2.24) is 25.3 Å². The van der Waals surface area contributed by atoms with E-state index in [4.69, 9.17) is 0 Å². The van der Waals surface area contributed by atoms with E-state index in [1.54, 1.807) is 4.90 Å². The monoisotopic (exact) mass is 319 g/mol. The highest BCUT2D eigenvalue weighted by Gasteiger charge is 2.22. The van der Waals surface area contributed by atoms with Crippen LogP contribution in [0, 0.1) is 0 Å². The number of hydrogen-bond donors (Lipinski definition) is 2. The molecule has 23 heavy (non-hydrogen) atoms. The number of aryl methyl sites for hydroxylation is 1. The van der Waals surface area contributed by atoms with Gasteiger partial charge in [-0.2, -0.15) is 5.10 Å². The summed E-state index contributed by atoms with van der Waals surface area (Å²) in [4.78, 5) is 16.4. The molecule has 1 aromatic rings. The van der Waals surface area contributed by atoms with E-state index in [0.29, 0.717) is 12.6 Å². The molecule has 3 rings (SSSR count). The van der Waals surface area contributed by atoms with Gasteiger partial charge in [0.05, 0.1) is 12.2 Å². The number of likely N-dealkylation sites (N-methyl/N-ethyl adjacent to an activating group) is 1. The van der Waals surface area contributed by atoms with Crippen LogP contribution in [-0.2, 0) is 19.4 Å². The molecule has 1 aliphatic carbocycles. The first kappa shape index (κ1) is 16.3. The number of nitrogens with zero attached hydrogens (tertiary/aromatic N) is 3. The first-order valence-corrected chi connectivity index (χ1v) is 8.89. The Labute approximate surface area is 138 Å². The molecular weight excluding hydrogens is 290 g/mol. The number of nitrogens with one attached hydrogen (secondary N) is 2. The Morgan fingerprint density at radius 3 is 3.00 bits per heavy atom. The molecule has 2 amide bonds. The van der Waals surface area contributed by atoms with Crippen molar-refractivity contribution in [2.75, 3.05) is 27.2 Å². The Bertz CT molecular complexity index is 541. The molecule has 2 N–H and O–H groups in total. The number of H-pyrrole nitrogens is 1. The fraction of sp³-hybridized carbons (Fsp3) is 0.765. The highest BCUT2D eigenvalue weighted by molar-refractivity contribution is 5.73. The van der Waals surface area contributed by atoms with Crippen LogP contribution in [0.15, 0.2) is 0 Å². The van der Waals surface area contributed by atoms with Crippen molar-refractivity contribution in [2.45, 2.75) is 57.5 Å². The average molecular weight is 319 g/mol. The van der Waals surface area contributed by atoms with Crippen LogP contribution in [0.3, 0.4) is 0 Å². The van der Waals surface area contributed by atoms with Gasteiger partial charge in [0.15, 0.2) is 0 Å². The van der Waals surface area contributed by atoms with Crippen LogP contribution < -0.4 is 5.32 Å². The maximum absolute atomic E-state index is 12.3. The van der Waals surface area contributed by atoms with Gasteiger partial charge in [0, 0.05) is 25.3 Å². The zero-order chi connectivity index (χ0) is 16.2. The highest BCUT2D eigenvalue weighted by atomic mass is 16.2. The third kappa shape index (κ3) is 3.86. The molecule has 1 saturated heterocycles. The topological polar surface area (TPSA) is 64.3 Å². The molecule has 0 saturated carbocycles. The Balaban J connectivity index is 1.50. The summed E-state index contributed by atoms with van der Waals surface area (Å²) in [5.41, 5.74) is 3.64. The van der Waals surface area contributed by atoms with Crippen LogP contribution in [-0.4, -0.2) is 59.3 Å². The minimum atomic E-state index is -0.00321. The van der Waals surface area contributed by atoms with Gasteiger partial charge in [-0.25, -0.2) is 4.79 Å². The summed E-state index contributed by atoms with van der Waals surface area (Å²) in [6, 6.07) is 0.468. The van der Waals surface area contributed by atoms with E-state index in [9.17, 15) is 4.79 Å². The van der Waals surface area contributed by atoms with Gasteiger partial charge in [-0.05, 0) is 57.7 Å². The van der Waals surface area contributed by atoms with Gasteiger partial charge < -0.3 is 15.1 Å². The summed E-state index contributed by atoms with van der Waals surface area (Å²) in [5, 5.41) is 10.7. The van der Waals surface area contributed by atoms with E-state index in [1.807, 2.05) is 7.05 Å². The third-order valence-corrected chi connectivity index (χ3v) is 5.29. The van der Waals surface area contributed by atoms with Gasteiger partial charge in [-0.15, -0.1) is 0 Å². The predicted octanol–water partition coefficient (Wildman–Crippen LogP) is 1.91. The molecule has 128 valence electrons. The summed E-state index contributed by atoms with van der Waals surface area (Å²) in [7, 11) is 4.00. The molecular formula is C17H29N5O. The van der Waals surface area contributed by atoms with Crippen LogP contribution in [0.1, 0.15) is 49.1 Å². The molecule has 1 fully saturated rings. The molecule has 1 aliphatic heterocycles. The van der Waals surface area contributed by atoms with Crippen molar-refractivity contribution >= 4 is 6.03 Å². The fourth-order valence-corrected chi connectivity index (χ4v) is 3.72. The summed E-state index contributed by atoms with van der Waals surface area (Å²) in [5.74, 6) is 0. The second-order valence-electron chi connectivity index (χ2n) is 7.01. The number of carbonyl (C=O) groups excluding carboxylic acids is 1. The van der Waals surface area contributed by atoms with Gasteiger partial charge in [0.25, 0.3) is 0 Å². The Hall–Kier alpha value is -1.56. The summed E-state index contributed by atoms with van der Waals surface area (Å²) < 4.78 is 0. The molecule has 6 heteroatoms. The molecule has 0 unspecified atom stereocenters. The Kier molecular flexibility index (Phi) is 5.20. The van der Waals surface area contributed by atoms with Crippen LogP contribution in [0.2, 0.25) is 0 Å². The number of hydrogen-bond acceptors (Lipinski definition) is 3. The average Bonchev–Trinajstić information content (AvgIpc) is 2.97. The second kappa shape index (κ2) is 7.34. The largest absolute Gasteiger partial charge is 0.336 e. The summed E-state index contributed by atoms with van der Waals surface area (Å²) >= 11 is 0. The molecule has 0 radical (unpaired) electrons. The normalized spacial score (nSPS) is 21.7. The standard InChI is InChI=1S/C17H29N5O/c1-21-10-6-5-7-13(21)11-18-17(23)22(2)12-16-14-8-3-4-9-15(14)19-20-16/h13H,3-12H2,1-2H3,(H,18,23)(H,19,20)/t13-/m0/s1. The maximum atomic E-state index is 12.3. The predicted molar refractivity (Wildman–Crippen MR) is 90.4 cm³/mol. The lowest BCUT2D eigenvalue weighted by molar-refractivity contribution is 0.171. The summed E-state index contributed by atoms with van der Waals surface area (Å²) in [6.45, 7) is 2.45. The first-order valence-electron chi connectivity index (χ1n) is 8.89. The minimum Gasteiger partial charge on any atom is -0.336 e. The zero-order valence-corrected chi connectivity index (χ0v) is 14.4. The lowest BCUT2D eigenvalue weighted by Crippen LogP contribution is -2.47. The van der Waals surface area contributed by atoms with E-state index < -0.39 is 0 Å². The lowest BCUT2D eigenvalue weighted by atomic mass is 9.96. The quantitative estimate of drug-likeness (QED) is 0.891. The molecule has 0 spiro atoms. The molecule has 2 heterocycles. The van der Waals surface area contributed by atoms with E-state index in [0.717, 1.165) is 31.6 Å². The van der Waals surface area contributed by atoms with Crippen molar-refractivity contribution in [3.05, 3.63) is 17.0 Å². The molecule has 1 atom stereocenters. The SMILES string of the molecule is CN(Cc1n[nH]c2c1CCCC2)C(=O)NC[C@@H]1CCCCN1C. The van der Waals surface area contributed by atoms with Gasteiger partial charge in [-0.3, -0.25) is 5.10 Å². The maximum Gasteiger partial charge on any atom is 0.317 e. The van der Waals surface area contributed by atoms with E-state index in [2.05, 4.69) is 27.5 Å². The smallest absolute Gasteiger partial charge is 0.317 e. The second-order valence-corrected chi connectivity index (χ2v) is 7.01. The van der Waals surface area contributed by atoms with Crippen LogP contribution in [0.25, 0.3) is 0 Å². The van der Waals surface area contributed by atoms with E-state index in [1.165, 1.54) is 43.4 Å². The van der Waals surface area contributed by atoms with Crippen molar-refractivity contribution in [2.24, 2.45) is 0 Å². The number of amides is 2. The van der Waals surface area contributed by atoms with Crippen molar-refractivity contribution in [1.29, 1.82) is 0 Å². The molecule has 1 aromatic heterocycles. The van der Waals surface area contributed by atoms with E-state index >= 15 is 0 Å². The summed E-state index contributed by atoms with van der Waals surface area (Å²) in [6.07, 6.45) is 8.34. The van der Waals surface area contributed by atoms with Gasteiger partial charge in [0.1, 0.15) is 0 Å². The van der Waals surface area contributed by atoms with Crippen molar-refractivity contribution in [3.8, 4) is 0 Å². The molecule has 6 nitrogen and oxygen atoms in total. The number of piperidine rings is 1. The fourth-order valence-electron chi connectivity index (χ4n) is 3.72. The number of carbonyl (C=O) groups is 1. The molecule has 0 aromatic carbocycles. The third-order valence-electron chi connectivity index (χ3n) is 5.29. The number of fused-ring (bicyclic) bond motifs is 1. The van der Waals surface area contributed by atoms with Crippen molar-refractivity contribution in [3.63, 3.8) is 0 Å². The Morgan fingerprint density at radius 1 is 1.35 bits per heavy atom. The minimum absolute atomic E-state index is 0.00321. The van der Waals surface area contributed by atoms with Crippen LogP contribution >= 0.6 is 0 Å². The van der Waals surface area contributed by atoms with Gasteiger partial charge in [0.2, 0.25) is 0 Å². The van der Waals surface area contributed by atoms with Crippen LogP contribution in [0.4, 0.5) is 4.79 Å². The Morgan fingerprint density at radius 2 is 2.17 bits per heavy atom. The first-order chi connectivity index (χ1) is 11.1. The molecule has 2 aliphatic rings. The van der Waals surface area contributed by atoms with Crippen molar-refractivity contribution < 1.29 is 4.79 Å². The van der Waals surface area contributed by atoms with Crippen LogP contribution in [0.5, 0.6) is 0 Å². The van der Waals surface area contributed by atoms with E-state index in [-0.39, 0.29) is 6.03 Å². The number of aromatic nitrogens is 2. The zero-order valence-electron chi connectivity index (χ0n) is 14.4. The molecule has 0 bridgehead atoms. The number of urea groups is 1.